The minimum Gasteiger partial charge on any atom is -0.349 e. The molecule has 0 aliphatic carbocycles. The molecule has 1 N–H and O–H groups in total. The van der Waals surface area contributed by atoms with E-state index in [1.807, 2.05) is 6.92 Å². The molecule has 1 unspecified atom stereocenters. The summed E-state index contributed by atoms with van der Waals surface area (Å²) in [5, 5.41) is 2.91. The number of carbonyl (C=O) groups excluding carboxylic acids is 1. The Kier molecular flexibility index (Phi) is 6.02. The molecule has 0 saturated carbocycles. The van der Waals surface area contributed by atoms with E-state index in [0.29, 0.717) is 11.1 Å². The average Bonchev–Trinajstić information content (AvgIpc) is 2.37. The number of carbonyl (C=O) groups is 1. The van der Waals surface area contributed by atoms with Crippen molar-refractivity contribution in [1.29, 1.82) is 0 Å². The van der Waals surface area contributed by atoms with E-state index in [-0.39, 0.29) is 16.8 Å². The molecule has 1 amide bonds. The molecule has 4 nitrogen and oxygen atoms in total. The van der Waals surface area contributed by atoms with Crippen molar-refractivity contribution in [3.8, 4) is 0 Å². The van der Waals surface area contributed by atoms with Crippen molar-refractivity contribution in [2.24, 2.45) is 0 Å². The number of halogens is 1. The highest BCUT2D eigenvalue weighted by Crippen LogP contribution is 2.21. The van der Waals surface area contributed by atoms with Crippen molar-refractivity contribution in [2.75, 3.05) is 0 Å². The molecule has 0 radical (unpaired) electrons. The maximum atomic E-state index is 12.1. The van der Waals surface area contributed by atoms with Gasteiger partial charge in [0.1, 0.15) is 0 Å². The Balaban J connectivity index is 3.00. The SMILES string of the molecule is CCCC(CC)NC(=O)c1ccc(C)c(S(=O)(=O)Cl)c1. The highest BCUT2D eigenvalue weighted by Gasteiger charge is 2.17. The van der Waals surface area contributed by atoms with Gasteiger partial charge in [-0.2, -0.15) is 0 Å². The number of hydrogen-bond acceptors (Lipinski definition) is 3. The van der Waals surface area contributed by atoms with Gasteiger partial charge in [-0.15, -0.1) is 0 Å². The maximum Gasteiger partial charge on any atom is 0.261 e. The van der Waals surface area contributed by atoms with Crippen molar-refractivity contribution in [3.05, 3.63) is 29.3 Å². The molecule has 0 aliphatic rings. The topological polar surface area (TPSA) is 63.2 Å². The number of amides is 1. The minimum absolute atomic E-state index is 0.0182. The lowest BCUT2D eigenvalue weighted by Gasteiger charge is -2.16. The Morgan fingerprint density at radius 1 is 1.35 bits per heavy atom. The molecule has 0 heterocycles. The van der Waals surface area contributed by atoms with Crippen molar-refractivity contribution in [3.63, 3.8) is 0 Å². The first-order valence-electron chi connectivity index (χ1n) is 6.65. The zero-order valence-electron chi connectivity index (χ0n) is 11.9. The van der Waals surface area contributed by atoms with Gasteiger partial charge in [-0.1, -0.05) is 26.3 Å². The third-order valence-electron chi connectivity index (χ3n) is 3.18. The first-order valence-corrected chi connectivity index (χ1v) is 8.96. The predicted octanol–water partition coefficient (Wildman–Crippen LogP) is 3.23. The van der Waals surface area contributed by atoms with Crippen LogP contribution >= 0.6 is 10.7 Å². The molecule has 1 aromatic carbocycles. The van der Waals surface area contributed by atoms with Gasteiger partial charge in [0.25, 0.3) is 15.0 Å². The highest BCUT2D eigenvalue weighted by atomic mass is 35.7. The van der Waals surface area contributed by atoms with Crippen molar-refractivity contribution in [2.45, 2.75) is 51.0 Å². The van der Waals surface area contributed by atoms with Crippen LogP contribution in [0.1, 0.15) is 49.0 Å². The van der Waals surface area contributed by atoms with Crippen LogP contribution < -0.4 is 5.32 Å². The molecule has 1 aromatic rings. The molecule has 0 saturated heterocycles. The van der Waals surface area contributed by atoms with Crippen LogP contribution in [-0.4, -0.2) is 20.4 Å². The van der Waals surface area contributed by atoms with Crippen LogP contribution in [0.2, 0.25) is 0 Å². The van der Waals surface area contributed by atoms with Crippen molar-refractivity contribution >= 4 is 25.6 Å². The fraction of sp³-hybridized carbons (Fsp3) is 0.500. The molecule has 112 valence electrons. The Labute approximate surface area is 124 Å². The summed E-state index contributed by atoms with van der Waals surface area (Å²) in [5.41, 5.74) is 0.835. The summed E-state index contributed by atoms with van der Waals surface area (Å²) in [7, 11) is 1.52. The second-order valence-electron chi connectivity index (χ2n) is 4.79. The van der Waals surface area contributed by atoms with Crippen molar-refractivity contribution in [1.82, 2.24) is 5.32 Å². The molecule has 20 heavy (non-hydrogen) atoms. The second-order valence-corrected chi connectivity index (χ2v) is 7.32. The van der Waals surface area contributed by atoms with Crippen molar-refractivity contribution < 1.29 is 13.2 Å². The van der Waals surface area contributed by atoms with Gasteiger partial charge in [0.15, 0.2) is 0 Å². The van der Waals surface area contributed by atoms with E-state index in [0.717, 1.165) is 19.3 Å². The van der Waals surface area contributed by atoms with E-state index < -0.39 is 9.05 Å². The lowest BCUT2D eigenvalue weighted by atomic mass is 10.1. The summed E-state index contributed by atoms with van der Waals surface area (Å²) in [5.74, 6) is -0.271. The monoisotopic (exact) mass is 317 g/mol. The number of aryl methyl sites for hydroxylation is 1. The van der Waals surface area contributed by atoms with Gasteiger partial charge < -0.3 is 5.32 Å². The minimum atomic E-state index is -3.84. The lowest BCUT2D eigenvalue weighted by molar-refractivity contribution is 0.0933. The fourth-order valence-corrected chi connectivity index (χ4v) is 3.22. The Hall–Kier alpha value is -1.07. The zero-order valence-corrected chi connectivity index (χ0v) is 13.5. The van der Waals surface area contributed by atoms with Crippen LogP contribution in [0.3, 0.4) is 0 Å². The van der Waals surface area contributed by atoms with E-state index in [2.05, 4.69) is 12.2 Å². The molecule has 6 heteroatoms. The van der Waals surface area contributed by atoms with Crippen LogP contribution in [-0.2, 0) is 9.05 Å². The summed E-state index contributed by atoms with van der Waals surface area (Å²) in [6.45, 7) is 5.70. The summed E-state index contributed by atoms with van der Waals surface area (Å²) >= 11 is 0. The Morgan fingerprint density at radius 2 is 2.00 bits per heavy atom. The molecule has 0 spiro atoms. The standard InChI is InChI=1S/C14H20ClNO3S/c1-4-6-12(5-2)16-14(17)11-8-7-10(3)13(9-11)20(15,18)19/h7-9,12H,4-6H2,1-3H3,(H,16,17). The molecule has 1 atom stereocenters. The van der Waals surface area contributed by atoms with Gasteiger partial charge in [-0.05, 0) is 37.5 Å². The highest BCUT2D eigenvalue weighted by molar-refractivity contribution is 8.13. The molecule has 0 bridgehead atoms. The molecular weight excluding hydrogens is 298 g/mol. The molecule has 0 aliphatic heterocycles. The third-order valence-corrected chi connectivity index (χ3v) is 4.64. The molecule has 0 aromatic heterocycles. The second kappa shape index (κ2) is 7.09. The molecular formula is C14H20ClNO3S. The van der Waals surface area contributed by atoms with Crippen LogP contribution in [0.25, 0.3) is 0 Å². The van der Waals surface area contributed by atoms with Gasteiger partial charge in [0.2, 0.25) is 0 Å². The van der Waals surface area contributed by atoms with Gasteiger partial charge in [-0.3, -0.25) is 4.79 Å². The number of benzene rings is 1. The maximum absolute atomic E-state index is 12.1. The van der Waals surface area contributed by atoms with Gasteiger partial charge in [-0.25, -0.2) is 8.42 Å². The van der Waals surface area contributed by atoms with Crippen LogP contribution in [0.4, 0.5) is 0 Å². The van der Waals surface area contributed by atoms with E-state index in [4.69, 9.17) is 10.7 Å². The van der Waals surface area contributed by atoms with E-state index in [1.54, 1.807) is 19.1 Å². The van der Waals surface area contributed by atoms with Crippen LogP contribution in [0, 0.1) is 6.92 Å². The normalized spacial score (nSPS) is 13.0. The van der Waals surface area contributed by atoms with Gasteiger partial charge >= 0.3 is 0 Å². The van der Waals surface area contributed by atoms with Gasteiger partial charge in [0, 0.05) is 22.3 Å². The Morgan fingerprint density at radius 3 is 2.50 bits per heavy atom. The largest absolute Gasteiger partial charge is 0.349 e. The van der Waals surface area contributed by atoms with E-state index in [1.165, 1.54) is 6.07 Å². The predicted molar refractivity (Wildman–Crippen MR) is 80.7 cm³/mol. The number of hydrogen-bond donors (Lipinski definition) is 1. The third kappa shape index (κ3) is 4.49. The smallest absolute Gasteiger partial charge is 0.261 e. The van der Waals surface area contributed by atoms with Crippen LogP contribution in [0.15, 0.2) is 23.1 Å². The quantitative estimate of drug-likeness (QED) is 0.819. The first kappa shape index (κ1) is 17.0. The molecule has 0 fully saturated rings. The summed E-state index contributed by atoms with van der Waals surface area (Å²) in [6.07, 6.45) is 2.72. The lowest BCUT2D eigenvalue weighted by Crippen LogP contribution is -2.34. The summed E-state index contributed by atoms with van der Waals surface area (Å²) in [4.78, 5) is 12.1. The first-order chi connectivity index (χ1) is 9.29. The number of rotatable bonds is 6. The van der Waals surface area contributed by atoms with E-state index in [9.17, 15) is 13.2 Å². The summed E-state index contributed by atoms with van der Waals surface area (Å²) in [6, 6.07) is 4.62. The zero-order chi connectivity index (χ0) is 15.3. The number of nitrogens with one attached hydrogen (secondary N) is 1. The Bertz CT molecular complexity index is 584. The molecule has 1 rings (SSSR count). The fourth-order valence-electron chi connectivity index (χ4n) is 2.00. The summed E-state index contributed by atoms with van der Waals surface area (Å²) < 4.78 is 22.9. The van der Waals surface area contributed by atoms with E-state index >= 15 is 0 Å². The average molecular weight is 318 g/mol. The van der Waals surface area contributed by atoms with Gasteiger partial charge in [0.05, 0.1) is 4.90 Å². The van der Waals surface area contributed by atoms with Crippen LogP contribution in [0.5, 0.6) is 0 Å².